The van der Waals surface area contributed by atoms with E-state index in [9.17, 15) is 4.79 Å². The highest BCUT2D eigenvalue weighted by molar-refractivity contribution is 5.79. The van der Waals surface area contributed by atoms with Crippen LogP contribution in [0.15, 0.2) is 30.3 Å². The summed E-state index contributed by atoms with van der Waals surface area (Å²) >= 11 is 0. The summed E-state index contributed by atoms with van der Waals surface area (Å²) in [6.07, 6.45) is 1.86. The molecule has 0 aliphatic carbocycles. The van der Waals surface area contributed by atoms with E-state index < -0.39 is 0 Å². The first-order valence-electron chi connectivity index (χ1n) is 5.32. The van der Waals surface area contributed by atoms with Crippen LogP contribution in [-0.2, 0) is 11.2 Å². The lowest BCUT2D eigenvalue weighted by Crippen LogP contribution is -2.34. The number of benzene rings is 1. The zero-order valence-electron chi connectivity index (χ0n) is 9.49. The van der Waals surface area contributed by atoms with Crippen molar-refractivity contribution in [2.75, 3.05) is 0 Å². The molecular weight excluding hydrogens is 186 g/mol. The van der Waals surface area contributed by atoms with Crippen LogP contribution in [0.4, 0.5) is 0 Å². The second-order valence-corrected chi connectivity index (χ2v) is 4.69. The van der Waals surface area contributed by atoms with Gasteiger partial charge < -0.3 is 5.73 Å². The monoisotopic (exact) mass is 205 g/mol. The van der Waals surface area contributed by atoms with Crippen molar-refractivity contribution in [3.05, 3.63) is 35.9 Å². The fourth-order valence-corrected chi connectivity index (χ4v) is 1.52. The lowest BCUT2D eigenvalue weighted by Gasteiger charge is -2.16. The summed E-state index contributed by atoms with van der Waals surface area (Å²) in [6.45, 7) is 3.76. The summed E-state index contributed by atoms with van der Waals surface area (Å²) in [5.74, 6) is 0.242. The maximum absolute atomic E-state index is 11.6. The van der Waals surface area contributed by atoms with Crippen LogP contribution in [0.3, 0.4) is 0 Å². The number of Topliss-reactive ketones (excluding diaryl/α,β-unsaturated/α-hetero) is 1. The van der Waals surface area contributed by atoms with Gasteiger partial charge in [-0.3, -0.25) is 4.79 Å². The van der Waals surface area contributed by atoms with E-state index in [1.807, 2.05) is 44.2 Å². The molecule has 0 heterocycles. The lowest BCUT2D eigenvalue weighted by atomic mass is 9.96. The minimum atomic E-state index is -0.381. The van der Waals surface area contributed by atoms with Gasteiger partial charge in [-0.15, -0.1) is 0 Å². The summed E-state index contributed by atoms with van der Waals surface area (Å²) in [5.41, 5.74) is 6.61. The van der Waals surface area contributed by atoms with Crippen LogP contribution >= 0.6 is 0 Å². The average molecular weight is 205 g/mol. The van der Waals surface area contributed by atoms with Crippen LogP contribution < -0.4 is 5.73 Å². The SMILES string of the molecule is CC(C)(N)CC(=O)CCc1ccccc1. The Hall–Kier alpha value is -1.15. The van der Waals surface area contributed by atoms with Gasteiger partial charge in [0.25, 0.3) is 0 Å². The Morgan fingerprint density at radius 1 is 1.27 bits per heavy atom. The molecule has 1 rings (SSSR count). The average Bonchev–Trinajstić information content (AvgIpc) is 2.14. The van der Waals surface area contributed by atoms with Gasteiger partial charge in [0.1, 0.15) is 5.78 Å². The molecule has 0 radical (unpaired) electrons. The molecule has 0 saturated heterocycles. The van der Waals surface area contributed by atoms with Crippen LogP contribution in [-0.4, -0.2) is 11.3 Å². The van der Waals surface area contributed by atoms with E-state index in [0.717, 1.165) is 6.42 Å². The van der Waals surface area contributed by atoms with Gasteiger partial charge in [-0.2, -0.15) is 0 Å². The van der Waals surface area contributed by atoms with E-state index in [1.54, 1.807) is 0 Å². The molecule has 1 aromatic carbocycles. The zero-order chi connectivity index (χ0) is 11.3. The van der Waals surface area contributed by atoms with Crippen molar-refractivity contribution in [1.82, 2.24) is 0 Å². The number of nitrogens with two attached hydrogens (primary N) is 1. The highest BCUT2D eigenvalue weighted by Gasteiger charge is 2.15. The number of carbonyl (C=O) groups is 1. The molecule has 2 N–H and O–H groups in total. The molecule has 2 heteroatoms. The topological polar surface area (TPSA) is 43.1 Å². The number of ketones is 1. The van der Waals surface area contributed by atoms with E-state index in [4.69, 9.17) is 5.73 Å². The van der Waals surface area contributed by atoms with Crippen molar-refractivity contribution in [2.45, 2.75) is 38.6 Å². The third kappa shape index (κ3) is 5.33. The number of hydrogen-bond donors (Lipinski definition) is 1. The van der Waals surface area contributed by atoms with Crippen LogP contribution in [0, 0.1) is 0 Å². The largest absolute Gasteiger partial charge is 0.325 e. The Labute approximate surface area is 91.5 Å². The van der Waals surface area contributed by atoms with Gasteiger partial charge in [0, 0.05) is 18.4 Å². The fourth-order valence-electron chi connectivity index (χ4n) is 1.52. The highest BCUT2D eigenvalue weighted by atomic mass is 16.1. The molecule has 0 spiro atoms. The van der Waals surface area contributed by atoms with E-state index in [1.165, 1.54) is 5.56 Å². The van der Waals surface area contributed by atoms with Gasteiger partial charge in [-0.05, 0) is 25.8 Å². The van der Waals surface area contributed by atoms with Gasteiger partial charge in [-0.25, -0.2) is 0 Å². The number of aryl methyl sites for hydroxylation is 1. The number of hydrogen-bond acceptors (Lipinski definition) is 2. The van der Waals surface area contributed by atoms with Crippen molar-refractivity contribution in [2.24, 2.45) is 5.73 Å². The quantitative estimate of drug-likeness (QED) is 0.801. The smallest absolute Gasteiger partial charge is 0.135 e. The maximum atomic E-state index is 11.6. The molecule has 0 atom stereocenters. The molecule has 2 nitrogen and oxygen atoms in total. The number of carbonyl (C=O) groups excluding carboxylic acids is 1. The first kappa shape index (κ1) is 11.9. The molecule has 15 heavy (non-hydrogen) atoms. The van der Waals surface area contributed by atoms with Gasteiger partial charge >= 0.3 is 0 Å². The second kappa shape index (κ2) is 5.08. The van der Waals surface area contributed by atoms with Gasteiger partial charge in [0.05, 0.1) is 0 Å². The Kier molecular flexibility index (Phi) is 4.04. The molecule has 0 aliphatic rings. The van der Waals surface area contributed by atoms with E-state index >= 15 is 0 Å². The third-order valence-corrected chi connectivity index (χ3v) is 2.19. The predicted octanol–water partition coefficient (Wildman–Crippen LogP) is 2.32. The predicted molar refractivity (Wildman–Crippen MR) is 62.7 cm³/mol. The Morgan fingerprint density at radius 3 is 2.40 bits per heavy atom. The summed E-state index contributed by atoms with van der Waals surface area (Å²) < 4.78 is 0. The number of rotatable bonds is 5. The molecule has 0 fully saturated rings. The maximum Gasteiger partial charge on any atom is 0.135 e. The summed E-state index contributed by atoms with van der Waals surface area (Å²) in [4.78, 5) is 11.6. The highest BCUT2D eigenvalue weighted by Crippen LogP contribution is 2.09. The normalized spacial score (nSPS) is 11.4. The van der Waals surface area contributed by atoms with Crippen molar-refractivity contribution in [3.8, 4) is 0 Å². The summed E-state index contributed by atoms with van der Waals surface area (Å²) in [5, 5.41) is 0. The first-order valence-corrected chi connectivity index (χ1v) is 5.32. The molecule has 0 aromatic heterocycles. The zero-order valence-corrected chi connectivity index (χ0v) is 9.49. The third-order valence-electron chi connectivity index (χ3n) is 2.19. The van der Waals surface area contributed by atoms with Gasteiger partial charge in [0.2, 0.25) is 0 Å². The minimum absolute atomic E-state index is 0.242. The van der Waals surface area contributed by atoms with E-state index in [2.05, 4.69) is 0 Å². The molecule has 0 bridgehead atoms. The second-order valence-electron chi connectivity index (χ2n) is 4.69. The van der Waals surface area contributed by atoms with Gasteiger partial charge in [0.15, 0.2) is 0 Å². The van der Waals surface area contributed by atoms with Crippen LogP contribution in [0.1, 0.15) is 32.3 Å². The van der Waals surface area contributed by atoms with Crippen LogP contribution in [0.25, 0.3) is 0 Å². The van der Waals surface area contributed by atoms with Crippen LogP contribution in [0.2, 0.25) is 0 Å². The fraction of sp³-hybridized carbons (Fsp3) is 0.462. The summed E-state index contributed by atoms with van der Waals surface area (Å²) in [7, 11) is 0. The molecule has 0 saturated carbocycles. The molecular formula is C13H19NO. The summed E-state index contributed by atoms with van der Waals surface area (Å²) in [6, 6.07) is 10.1. The Bertz CT molecular complexity index is 311. The van der Waals surface area contributed by atoms with Crippen LogP contribution in [0.5, 0.6) is 0 Å². The standard InChI is InChI=1S/C13H19NO/c1-13(2,14)10-12(15)9-8-11-6-4-3-5-7-11/h3-7H,8-10,14H2,1-2H3. The van der Waals surface area contributed by atoms with Crippen molar-refractivity contribution in [3.63, 3.8) is 0 Å². The van der Waals surface area contributed by atoms with E-state index in [0.29, 0.717) is 12.8 Å². The Balaban J connectivity index is 2.35. The first-order chi connectivity index (χ1) is 6.97. The minimum Gasteiger partial charge on any atom is -0.325 e. The molecule has 0 unspecified atom stereocenters. The van der Waals surface area contributed by atoms with Crippen molar-refractivity contribution in [1.29, 1.82) is 0 Å². The van der Waals surface area contributed by atoms with E-state index in [-0.39, 0.29) is 11.3 Å². The van der Waals surface area contributed by atoms with Gasteiger partial charge in [-0.1, -0.05) is 30.3 Å². The Morgan fingerprint density at radius 2 is 1.87 bits per heavy atom. The van der Waals surface area contributed by atoms with Crippen molar-refractivity contribution < 1.29 is 4.79 Å². The lowest BCUT2D eigenvalue weighted by molar-refractivity contribution is -0.119. The van der Waals surface area contributed by atoms with Crippen molar-refractivity contribution >= 4 is 5.78 Å². The molecule has 82 valence electrons. The molecule has 0 aliphatic heterocycles. The molecule has 1 aromatic rings. The molecule has 0 amide bonds.